The highest BCUT2D eigenvalue weighted by Gasteiger charge is 2.40. The molecule has 1 heterocycles. The van der Waals surface area contributed by atoms with Crippen LogP contribution in [-0.4, -0.2) is 18.6 Å². The lowest BCUT2D eigenvalue weighted by Crippen LogP contribution is -2.53. The summed E-state index contributed by atoms with van der Waals surface area (Å²) in [6.07, 6.45) is 8.00. The molecule has 5 nitrogen and oxygen atoms in total. The van der Waals surface area contributed by atoms with Crippen LogP contribution < -0.4 is 16.8 Å². The van der Waals surface area contributed by atoms with E-state index in [-0.39, 0.29) is 30.5 Å². The lowest BCUT2D eigenvalue weighted by molar-refractivity contribution is -0.150. The molecule has 0 amide bonds. The number of carbonyl (C=O) groups excluding carboxylic acids is 1. The Morgan fingerprint density at radius 1 is 1.29 bits per heavy atom. The summed E-state index contributed by atoms with van der Waals surface area (Å²) in [5.41, 5.74) is 18.3. The van der Waals surface area contributed by atoms with Gasteiger partial charge in [0.05, 0.1) is 5.92 Å². The summed E-state index contributed by atoms with van der Waals surface area (Å²) in [5.74, 6) is -0.613. The number of rotatable bonds is 7. The molecule has 5 heteroatoms. The van der Waals surface area contributed by atoms with Crippen LogP contribution in [0.2, 0.25) is 0 Å². The van der Waals surface area contributed by atoms with Crippen LogP contribution in [-0.2, 0) is 22.6 Å². The Balaban J connectivity index is 1.74. The van der Waals surface area contributed by atoms with Crippen molar-refractivity contribution >= 4 is 11.7 Å². The van der Waals surface area contributed by atoms with Gasteiger partial charge in [0.2, 0.25) is 0 Å². The van der Waals surface area contributed by atoms with Gasteiger partial charge in [-0.25, -0.2) is 0 Å². The normalized spacial score (nSPS) is 24.2. The largest absolute Gasteiger partial charge is 0.460 e. The molecule has 1 aliphatic heterocycles. The second kappa shape index (κ2) is 8.82. The molecule has 0 spiro atoms. The molecular weight excluding hydrogens is 350 g/mol. The average molecular weight is 384 g/mol. The maximum absolute atomic E-state index is 13.0. The summed E-state index contributed by atoms with van der Waals surface area (Å²) in [6, 6.07) is 4.38. The van der Waals surface area contributed by atoms with Crippen molar-refractivity contribution in [3.05, 3.63) is 52.2 Å². The fourth-order valence-electron chi connectivity index (χ4n) is 4.23. The second-order valence-electron chi connectivity index (χ2n) is 7.98. The molecule has 2 aliphatic rings. The summed E-state index contributed by atoms with van der Waals surface area (Å²) >= 11 is 0. The number of esters is 1. The highest BCUT2D eigenvalue weighted by molar-refractivity contribution is 5.77. The van der Waals surface area contributed by atoms with Crippen LogP contribution in [0.3, 0.4) is 0 Å². The first-order valence-corrected chi connectivity index (χ1v) is 10.4. The number of ether oxygens (including phenoxy) is 1. The molecule has 28 heavy (non-hydrogen) atoms. The monoisotopic (exact) mass is 383 g/mol. The lowest BCUT2D eigenvalue weighted by Gasteiger charge is -2.40. The molecule has 0 bridgehead atoms. The van der Waals surface area contributed by atoms with Gasteiger partial charge in [-0.15, -0.1) is 0 Å². The fourth-order valence-corrected chi connectivity index (χ4v) is 4.23. The number of benzene rings is 1. The summed E-state index contributed by atoms with van der Waals surface area (Å²) in [7, 11) is 0. The van der Waals surface area contributed by atoms with Gasteiger partial charge in [-0.05, 0) is 61.6 Å². The van der Waals surface area contributed by atoms with Gasteiger partial charge in [0.25, 0.3) is 0 Å². The van der Waals surface area contributed by atoms with E-state index in [1.807, 2.05) is 25.1 Å². The Morgan fingerprint density at radius 2 is 2.04 bits per heavy atom. The van der Waals surface area contributed by atoms with Crippen LogP contribution in [0.5, 0.6) is 0 Å². The average Bonchev–Trinajstić information content (AvgIpc) is 2.61. The third-order valence-electron chi connectivity index (χ3n) is 5.96. The Labute approximate surface area is 168 Å². The van der Waals surface area contributed by atoms with Gasteiger partial charge < -0.3 is 21.5 Å². The van der Waals surface area contributed by atoms with Crippen molar-refractivity contribution in [3.8, 4) is 0 Å². The van der Waals surface area contributed by atoms with E-state index in [1.165, 1.54) is 5.56 Å². The number of nitrogen functional groups attached to an aromatic ring is 1. The van der Waals surface area contributed by atoms with Gasteiger partial charge in [0.1, 0.15) is 6.61 Å². The van der Waals surface area contributed by atoms with Crippen molar-refractivity contribution in [3.63, 3.8) is 0 Å². The maximum Gasteiger partial charge on any atom is 0.313 e. The first kappa shape index (κ1) is 20.5. The maximum atomic E-state index is 13.0. The fraction of sp³-hybridized carbons (Fsp3) is 0.522. The molecule has 1 saturated heterocycles. The summed E-state index contributed by atoms with van der Waals surface area (Å²) in [4.78, 5) is 13.0. The number of nitrogens with two attached hydrogens (primary N) is 2. The zero-order valence-corrected chi connectivity index (χ0v) is 17.3. The number of allylic oxidation sites excluding steroid dienone is 2. The molecule has 1 aliphatic carbocycles. The number of hydrogen-bond acceptors (Lipinski definition) is 5. The van der Waals surface area contributed by atoms with Crippen LogP contribution in [0.1, 0.15) is 49.8 Å². The van der Waals surface area contributed by atoms with Crippen molar-refractivity contribution < 1.29 is 9.53 Å². The molecule has 3 rings (SSSR count). The van der Waals surface area contributed by atoms with E-state index in [0.717, 1.165) is 54.6 Å². The number of carbonyl (C=O) groups is 1. The molecule has 1 aromatic rings. The van der Waals surface area contributed by atoms with Crippen molar-refractivity contribution in [2.45, 2.75) is 59.1 Å². The van der Waals surface area contributed by atoms with Gasteiger partial charge in [-0.2, -0.15) is 0 Å². The van der Waals surface area contributed by atoms with Crippen LogP contribution >= 0.6 is 0 Å². The van der Waals surface area contributed by atoms with Crippen molar-refractivity contribution in [1.29, 1.82) is 0 Å². The standard InChI is InChI=1S/C23H33N3O2/c1-4-6-16-9-14(3)18(19(24)12-16)13-28-23(27)17-10-15(5-2)11-20(25)22(17)21-7-8-26-21/h9-12,17,21-22,26H,4-8,13,24-25H2,1-3H3. The van der Waals surface area contributed by atoms with Crippen LogP contribution in [0, 0.1) is 18.8 Å². The quantitative estimate of drug-likeness (QED) is 0.496. The Bertz CT molecular complexity index is 770. The number of aryl methyl sites for hydroxylation is 2. The molecule has 3 unspecified atom stereocenters. The molecule has 1 fully saturated rings. The van der Waals surface area contributed by atoms with Crippen molar-refractivity contribution in [2.24, 2.45) is 17.6 Å². The number of anilines is 1. The Hall–Kier alpha value is -2.27. The third kappa shape index (κ3) is 4.25. The Kier molecular flexibility index (Phi) is 6.45. The molecule has 3 atom stereocenters. The zero-order valence-electron chi connectivity index (χ0n) is 17.3. The molecule has 152 valence electrons. The highest BCUT2D eigenvalue weighted by Crippen LogP contribution is 2.35. The molecule has 1 aromatic carbocycles. The van der Waals surface area contributed by atoms with Crippen molar-refractivity contribution in [2.75, 3.05) is 12.3 Å². The summed E-state index contributed by atoms with van der Waals surface area (Å²) in [6.45, 7) is 7.42. The molecule has 0 radical (unpaired) electrons. The molecule has 0 saturated carbocycles. The molecule has 5 N–H and O–H groups in total. The SMILES string of the molecule is CCCc1cc(C)c(COC(=O)C2C=C(CC)C=C(N)C2C2CCN2)c(N)c1. The Morgan fingerprint density at radius 3 is 2.61 bits per heavy atom. The van der Waals surface area contributed by atoms with E-state index in [0.29, 0.717) is 5.69 Å². The van der Waals surface area contributed by atoms with Gasteiger partial charge in [-0.1, -0.05) is 32.4 Å². The minimum absolute atomic E-state index is 0.0399. The van der Waals surface area contributed by atoms with E-state index >= 15 is 0 Å². The van der Waals surface area contributed by atoms with Crippen LogP contribution in [0.25, 0.3) is 0 Å². The smallest absolute Gasteiger partial charge is 0.313 e. The van der Waals surface area contributed by atoms with Gasteiger partial charge >= 0.3 is 5.97 Å². The second-order valence-corrected chi connectivity index (χ2v) is 7.98. The number of nitrogens with one attached hydrogen (secondary N) is 1. The molecule has 0 aromatic heterocycles. The predicted molar refractivity (Wildman–Crippen MR) is 113 cm³/mol. The van der Waals surface area contributed by atoms with Crippen LogP contribution in [0.4, 0.5) is 5.69 Å². The van der Waals surface area contributed by atoms with Crippen LogP contribution in [0.15, 0.2) is 35.6 Å². The van der Waals surface area contributed by atoms with Gasteiger partial charge in [0, 0.05) is 28.9 Å². The first-order valence-electron chi connectivity index (χ1n) is 10.4. The van der Waals surface area contributed by atoms with E-state index in [2.05, 4.69) is 25.2 Å². The predicted octanol–water partition coefficient (Wildman–Crippen LogP) is 3.36. The molecular formula is C23H33N3O2. The topological polar surface area (TPSA) is 90.4 Å². The minimum Gasteiger partial charge on any atom is -0.460 e. The summed E-state index contributed by atoms with van der Waals surface area (Å²) in [5, 5.41) is 3.40. The van der Waals surface area contributed by atoms with Crippen molar-refractivity contribution in [1.82, 2.24) is 5.32 Å². The van der Waals surface area contributed by atoms with E-state index < -0.39 is 0 Å². The summed E-state index contributed by atoms with van der Waals surface area (Å²) < 4.78 is 5.75. The van der Waals surface area contributed by atoms with Gasteiger partial charge in [0.15, 0.2) is 0 Å². The number of hydrogen-bond donors (Lipinski definition) is 3. The van der Waals surface area contributed by atoms with Gasteiger partial charge in [-0.3, -0.25) is 4.79 Å². The lowest BCUT2D eigenvalue weighted by atomic mass is 9.75. The third-order valence-corrected chi connectivity index (χ3v) is 5.96. The first-order chi connectivity index (χ1) is 13.4. The van der Waals surface area contributed by atoms with E-state index in [9.17, 15) is 4.79 Å². The van der Waals surface area contributed by atoms with E-state index in [4.69, 9.17) is 16.2 Å². The highest BCUT2D eigenvalue weighted by atomic mass is 16.5. The van der Waals surface area contributed by atoms with E-state index in [1.54, 1.807) is 0 Å². The minimum atomic E-state index is -0.348. The zero-order chi connectivity index (χ0) is 20.3.